The fourth-order valence-electron chi connectivity index (χ4n) is 1.47. The minimum absolute atomic E-state index is 0.0519. The van der Waals surface area contributed by atoms with E-state index in [1.807, 2.05) is 0 Å². The van der Waals surface area contributed by atoms with Gasteiger partial charge >= 0.3 is 0 Å². The molecule has 7 nitrogen and oxygen atoms in total. The maximum absolute atomic E-state index is 10.9. The van der Waals surface area contributed by atoms with Crippen LogP contribution in [0.4, 0.5) is 0 Å². The molecule has 0 bridgehead atoms. The van der Waals surface area contributed by atoms with Crippen LogP contribution in [-0.2, 0) is 19.3 Å². The van der Waals surface area contributed by atoms with Crippen molar-refractivity contribution in [2.45, 2.75) is 20.3 Å². The molecular formula is C14H31N3O4S. The van der Waals surface area contributed by atoms with Crippen molar-refractivity contribution in [2.24, 2.45) is 10.9 Å². The third-order valence-electron chi connectivity index (χ3n) is 2.57. The molecule has 0 saturated heterocycles. The van der Waals surface area contributed by atoms with Gasteiger partial charge in [-0.05, 0) is 12.3 Å². The Bertz CT molecular complexity index is 397. The smallest absolute Gasteiger partial charge is 0.191 e. The minimum atomic E-state index is -2.95. The molecule has 0 aromatic carbocycles. The highest BCUT2D eigenvalue weighted by molar-refractivity contribution is 7.90. The molecule has 2 N–H and O–H groups in total. The number of nitrogens with one attached hydrogen (secondary N) is 2. The molecule has 0 rings (SSSR count). The second kappa shape index (κ2) is 12.7. The van der Waals surface area contributed by atoms with Crippen molar-refractivity contribution in [2.75, 3.05) is 58.6 Å². The van der Waals surface area contributed by atoms with Gasteiger partial charge in [0.2, 0.25) is 0 Å². The van der Waals surface area contributed by atoms with E-state index in [1.165, 1.54) is 6.26 Å². The SMILES string of the molecule is CN=C(NCCCOCC(C)C)NCCOCCS(C)(=O)=O. The average molecular weight is 337 g/mol. The predicted octanol–water partition coefficient (Wildman–Crippen LogP) is 0.275. The van der Waals surface area contributed by atoms with Crippen LogP contribution in [0.3, 0.4) is 0 Å². The summed E-state index contributed by atoms with van der Waals surface area (Å²) in [5.41, 5.74) is 0. The van der Waals surface area contributed by atoms with E-state index in [0.717, 1.165) is 26.2 Å². The molecular weight excluding hydrogens is 306 g/mol. The molecule has 0 atom stereocenters. The molecule has 8 heteroatoms. The van der Waals surface area contributed by atoms with Crippen molar-refractivity contribution < 1.29 is 17.9 Å². The van der Waals surface area contributed by atoms with Crippen molar-refractivity contribution in [1.82, 2.24) is 10.6 Å². The van der Waals surface area contributed by atoms with E-state index >= 15 is 0 Å². The van der Waals surface area contributed by atoms with Gasteiger partial charge in [-0.1, -0.05) is 13.8 Å². The van der Waals surface area contributed by atoms with Gasteiger partial charge in [0.05, 0.1) is 19.0 Å². The maximum Gasteiger partial charge on any atom is 0.191 e. The van der Waals surface area contributed by atoms with Gasteiger partial charge in [0.1, 0.15) is 9.84 Å². The zero-order valence-electron chi connectivity index (χ0n) is 14.2. The van der Waals surface area contributed by atoms with E-state index in [9.17, 15) is 8.42 Å². The van der Waals surface area contributed by atoms with Crippen molar-refractivity contribution >= 4 is 15.8 Å². The van der Waals surface area contributed by atoms with Crippen molar-refractivity contribution in [1.29, 1.82) is 0 Å². The van der Waals surface area contributed by atoms with E-state index in [1.54, 1.807) is 7.05 Å². The van der Waals surface area contributed by atoms with Crippen LogP contribution >= 0.6 is 0 Å². The minimum Gasteiger partial charge on any atom is -0.381 e. The molecule has 0 spiro atoms. The number of hydrogen-bond donors (Lipinski definition) is 2. The monoisotopic (exact) mass is 337 g/mol. The first kappa shape index (κ1) is 21.1. The summed E-state index contributed by atoms with van der Waals surface area (Å²) in [6, 6.07) is 0. The Kier molecular flexibility index (Phi) is 12.2. The Balaban J connectivity index is 3.52. The van der Waals surface area contributed by atoms with Crippen LogP contribution in [0.5, 0.6) is 0 Å². The second-order valence-electron chi connectivity index (χ2n) is 5.49. The molecule has 0 aliphatic heterocycles. The summed E-state index contributed by atoms with van der Waals surface area (Å²) in [6.45, 7) is 7.80. The molecule has 0 amide bonds. The summed E-state index contributed by atoms with van der Waals surface area (Å²) in [7, 11) is -1.25. The lowest BCUT2D eigenvalue weighted by atomic mass is 10.2. The van der Waals surface area contributed by atoms with E-state index in [4.69, 9.17) is 9.47 Å². The Morgan fingerprint density at radius 2 is 1.77 bits per heavy atom. The van der Waals surface area contributed by atoms with Crippen LogP contribution in [0.2, 0.25) is 0 Å². The standard InChI is InChI=1S/C14H31N3O4S/c1-13(2)12-21-8-5-6-16-14(15-3)17-7-9-20-10-11-22(4,18)19/h13H,5-12H2,1-4H3,(H2,15,16,17). The number of hydrogen-bond acceptors (Lipinski definition) is 5. The molecule has 0 aromatic heterocycles. The number of aliphatic imine (C=N–C) groups is 1. The quantitative estimate of drug-likeness (QED) is 0.302. The van der Waals surface area contributed by atoms with Gasteiger partial charge in [0.25, 0.3) is 0 Å². The lowest BCUT2D eigenvalue weighted by Crippen LogP contribution is -2.39. The molecule has 0 saturated carbocycles. The first-order chi connectivity index (χ1) is 10.3. The summed E-state index contributed by atoms with van der Waals surface area (Å²) in [4.78, 5) is 4.09. The maximum atomic E-state index is 10.9. The summed E-state index contributed by atoms with van der Waals surface area (Å²) >= 11 is 0. The average Bonchev–Trinajstić information content (AvgIpc) is 2.42. The zero-order chi connectivity index (χ0) is 16.8. The van der Waals surface area contributed by atoms with Gasteiger partial charge in [0.15, 0.2) is 5.96 Å². The molecule has 0 aromatic rings. The summed E-state index contributed by atoms with van der Waals surface area (Å²) < 4.78 is 32.6. The normalized spacial score (nSPS) is 12.7. The van der Waals surface area contributed by atoms with E-state index in [0.29, 0.717) is 25.0 Å². The Morgan fingerprint density at radius 3 is 2.36 bits per heavy atom. The molecule has 0 aliphatic carbocycles. The van der Waals surface area contributed by atoms with Crippen LogP contribution in [0.25, 0.3) is 0 Å². The lowest BCUT2D eigenvalue weighted by Gasteiger charge is -2.12. The Hall–Kier alpha value is -0.860. The van der Waals surface area contributed by atoms with Crippen LogP contribution in [-0.4, -0.2) is 73.0 Å². The van der Waals surface area contributed by atoms with Crippen LogP contribution < -0.4 is 10.6 Å². The first-order valence-corrected chi connectivity index (χ1v) is 9.69. The highest BCUT2D eigenvalue weighted by Gasteiger charge is 2.01. The fraction of sp³-hybridized carbons (Fsp3) is 0.929. The summed E-state index contributed by atoms with van der Waals surface area (Å²) in [6.07, 6.45) is 2.11. The summed E-state index contributed by atoms with van der Waals surface area (Å²) in [5, 5.41) is 6.28. The van der Waals surface area contributed by atoms with Gasteiger partial charge in [-0.2, -0.15) is 0 Å². The molecule has 0 fully saturated rings. The van der Waals surface area contributed by atoms with Gasteiger partial charge in [0, 0.05) is 39.6 Å². The van der Waals surface area contributed by atoms with Gasteiger partial charge in [-0.25, -0.2) is 8.42 Å². The third-order valence-corrected chi connectivity index (χ3v) is 3.48. The zero-order valence-corrected chi connectivity index (χ0v) is 15.0. The van der Waals surface area contributed by atoms with Gasteiger partial charge in [-0.3, -0.25) is 4.99 Å². The Morgan fingerprint density at radius 1 is 1.09 bits per heavy atom. The van der Waals surface area contributed by atoms with Gasteiger partial charge in [-0.15, -0.1) is 0 Å². The van der Waals surface area contributed by atoms with Crippen molar-refractivity contribution in [3.63, 3.8) is 0 Å². The summed E-state index contributed by atoms with van der Waals surface area (Å²) in [5.74, 6) is 1.32. The Labute approximate surface area is 134 Å². The van der Waals surface area contributed by atoms with Crippen molar-refractivity contribution in [3.05, 3.63) is 0 Å². The lowest BCUT2D eigenvalue weighted by molar-refractivity contribution is 0.108. The highest BCUT2D eigenvalue weighted by atomic mass is 32.2. The van der Waals surface area contributed by atoms with Crippen molar-refractivity contribution in [3.8, 4) is 0 Å². The number of guanidine groups is 1. The topological polar surface area (TPSA) is 89.0 Å². The number of ether oxygens (including phenoxy) is 2. The van der Waals surface area contributed by atoms with Gasteiger partial charge < -0.3 is 20.1 Å². The molecule has 0 radical (unpaired) electrons. The van der Waals surface area contributed by atoms with Crippen LogP contribution in [0.1, 0.15) is 20.3 Å². The number of sulfone groups is 1. The largest absolute Gasteiger partial charge is 0.381 e. The fourth-order valence-corrected chi connectivity index (χ4v) is 1.90. The molecule has 0 heterocycles. The van der Waals surface area contributed by atoms with Crippen LogP contribution in [0, 0.1) is 5.92 Å². The highest BCUT2D eigenvalue weighted by Crippen LogP contribution is 1.92. The van der Waals surface area contributed by atoms with E-state index in [-0.39, 0.29) is 12.4 Å². The van der Waals surface area contributed by atoms with E-state index < -0.39 is 9.84 Å². The third kappa shape index (κ3) is 15.5. The molecule has 0 aliphatic rings. The number of nitrogens with zero attached hydrogens (tertiary/aromatic N) is 1. The van der Waals surface area contributed by atoms with Crippen LogP contribution in [0.15, 0.2) is 4.99 Å². The first-order valence-electron chi connectivity index (χ1n) is 7.63. The van der Waals surface area contributed by atoms with E-state index in [2.05, 4.69) is 29.5 Å². The number of rotatable bonds is 12. The second-order valence-corrected chi connectivity index (χ2v) is 7.75. The molecule has 22 heavy (non-hydrogen) atoms. The molecule has 132 valence electrons. The molecule has 0 unspecified atom stereocenters. The predicted molar refractivity (Wildman–Crippen MR) is 90.2 cm³/mol.